The molecule has 0 aliphatic carbocycles. The minimum Gasteiger partial charge on any atom is -0.508 e. The molecule has 182 valence electrons. The number of aryl methyl sites for hydroxylation is 5. The van der Waals surface area contributed by atoms with Gasteiger partial charge in [0.15, 0.2) is 11.5 Å². The van der Waals surface area contributed by atoms with Gasteiger partial charge >= 0.3 is 0 Å². The van der Waals surface area contributed by atoms with Crippen LogP contribution in [0.15, 0.2) is 66.7 Å². The standard InChI is InChI=1S/C23H24O4.C7H8O/c1-12-7-17(8-13(2)22(12)26)21(16-5-6-19(24)20(25)11-16)18-9-14(3)23(27)15(4)10-18;1-6-4-2-3-5-7(6)8/h5-11,21,24-27H,1-4H3;2-5,8H,1H3. The van der Waals surface area contributed by atoms with E-state index in [1.54, 1.807) is 18.2 Å². The summed E-state index contributed by atoms with van der Waals surface area (Å²) in [5.41, 5.74) is 6.72. The van der Waals surface area contributed by atoms with Crippen LogP contribution in [0.5, 0.6) is 28.7 Å². The molecule has 0 fully saturated rings. The third kappa shape index (κ3) is 5.69. The SMILES string of the molecule is Cc1cc(C(c2cc(C)c(O)c(C)c2)c2ccc(O)c(O)c2)cc(C)c1O.Cc1ccccc1O. The molecular weight excluding hydrogens is 440 g/mol. The lowest BCUT2D eigenvalue weighted by atomic mass is 9.82. The van der Waals surface area contributed by atoms with E-state index in [0.717, 1.165) is 44.5 Å². The van der Waals surface area contributed by atoms with Gasteiger partial charge in [0.2, 0.25) is 0 Å². The van der Waals surface area contributed by atoms with Crippen LogP contribution < -0.4 is 0 Å². The van der Waals surface area contributed by atoms with Crippen LogP contribution in [0.3, 0.4) is 0 Å². The number of rotatable bonds is 3. The van der Waals surface area contributed by atoms with E-state index in [2.05, 4.69) is 0 Å². The first-order valence-electron chi connectivity index (χ1n) is 11.4. The van der Waals surface area contributed by atoms with Gasteiger partial charge in [0.1, 0.15) is 17.2 Å². The summed E-state index contributed by atoms with van der Waals surface area (Å²) in [5.74, 6) is 0.318. The van der Waals surface area contributed by atoms with Crippen LogP contribution in [-0.2, 0) is 0 Å². The fraction of sp³-hybridized carbons (Fsp3) is 0.200. The van der Waals surface area contributed by atoms with Gasteiger partial charge in [0.05, 0.1) is 0 Å². The zero-order valence-electron chi connectivity index (χ0n) is 20.7. The van der Waals surface area contributed by atoms with Crippen molar-refractivity contribution in [1.29, 1.82) is 0 Å². The minimum atomic E-state index is -0.229. The van der Waals surface area contributed by atoms with Gasteiger partial charge in [-0.2, -0.15) is 0 Å². The monoisotopic (exact) mass is 472 g/mol. The molecule has 0 saturated carbocycles. The Kier molecular flexibility index (Phi) is 7.60. The average Bonchev–Trinajstić information content (AvgIpc) is 2.80. The molecule has 0 amide bonds. The lowest BCUT2D eigenvalue weighted by Gasteiger charge is -2.22. The lowest BCUT2D eigenvalue weighted by molar-refractivity contribution is 0.403. The van der Waals surface area contributed by atoms with E-state index in [0.29, 0.717) is 5.75 Å². The molecule has 0 radical (unpaired) electrons. The quantitative estimate of drug-likeness (QED) is 0.170. The lowest BCUT2D eigenvalue weighted by Crippen LogP contribution is -2.05. The van der Waals surface area contributed by atoms with Crippen LogP contribution in [0.4, 0.5) is 0 Å². The van der Waals surface area contributed by atoms with Crippen LogP contribution in [0.25, 0.3) is 0 Å². The Morgan fingerprint density at radius 1 is 0.429 bits per heavy atom. The Hall–Kier alpha value is -4.12. The number of hydrogen-bond donors (Lipinski definition) is 5. The topological polar surface area (TPSA) is 101 Å². The third-order valence-corrected chi connectivity index (χ3v) is 6.14. The number of para-hydroxylation sites is 1. The van der Waals surface area contributed by atoms with Gasteiger partial charge in [-0.25, -0.2) is 0 Å². The van der Waals surface area contributed by atoms with Crippen molar-refractivity contribution in [2.24, 2.45) is 0 Å². The Bertz CT molecular complexity index is 1230. The molecule has 0 saturated heterocycles. The highest BCUT2D eigenvalue weighted by atomic mass is 16.3. The maximum Gasteiger partial charge on any atom is 0.157 e. The van der Waals surface area contributed by atoms with Crippen LogP contribution >= 0.6 is 0 Å². The normalized spacial score (nSPS) is 10.7. The molecule has 0 aromatic heterocycles. The van der Waals surface area contributed by atoms with Crippen molar-refractivity contribution in [1.82, 2.24) is 0 Å². The van der Waals surface area contributed by atoms with Crippen molar-refractivity contribution in [2.75, 3.05) is 0 Å². The fourth-order valence-electron chi connectivity index (χ4n) is 4.17. The number of phenolic OH excluding ortho intramolecular Hbond substituents is 5. The van der Waals surface area contributed by atoms with E-state index in [9.17, 15) is 20.4 Å². The summed E-state index contributed by atoms with van der Waals surface area (Å²) in [5, 5.41) is 48.9. The maximum absolute atomic E-state index is 10.2. The second-order valence-electron chi connectivity index (χ2n) is 8.97. The Labute approximate surface area is 206 Å². The van der Waals surface area contributed by atoms with Crippen LogP contribution in [-0.4, -0.2) is 25.5 Å². The maximum atomic E-state index is 10.2. The molecular formula is C30H32O5. The first-order valence-corrected chi connectivity index (χ1v) is 11.4. The number of hydrogen-bond acceptors (Lipinski definition) is 5. The van der Waals surface area contributed by atoms with Crippen molar-refractivity contribution in [3.05, 3.63) is 111 Å². The van der Waals surface area contributed by atoms with E-state index < -0.39 is 0 Å². The molecule has 5 nitrogen and oxygen atoms in total. The largest absolute Gasteiger partial charge is 0.508 e. The number of aromatic hydroxyl groups is 5. The first kappa shape index (κ1) is 25.5. The summed E-state index contributed by atoms with van der Waals surface area (Å²) in [6.07, 6.45) is 0. The zero-order valence-corrected chi connectivity index (χ0v) is 20.7. The van der Waals surface area contributed by atoms with Crippen molar-refractivity contribution in [3.8, 4) is 28.7 Å². The Morgan fingerprint density at radius 3 is 1.26 bits per heavy atom. The molecule has 4 rings (SSSR count). The molecule has 0 bridgehead atoms. The fourth-order valence-corrected chi connectivity index (χ4v) is 4.17. The van der Waals surface area contributed by atoms with Crippen molar-refractivity contribution in [3.63, 3.8) is 0 Å². The predicted molar refractivity (Wildman–Crippen MR) is 139 cm³/mol. The smallest absolute Gasteiger partial charge is 0.157 e. The molecule has 0 aliphatic rings. The summed E-state index contributed by atoms with van der Waals surface area (Å²) in [4.78, 5) is 0. The molecule has 0 atom stereocenters. The second kappa shape index (κ2) is 10.4. The molecule has 35 heavy (non-hydrogen) atoms. The molecule has 4 aromatic rings. The summed E-state index contributed by atoms with van der Waals surface area (Å²) < 4.78 is 0. The number of benzene rings is 4. The van der Waals surface area contributed by atoms with E-state index >= 15 is 0 Å². The Balaban J connectivity index is 0.000000363. The van der Waals surface area contributed by atoms with Gasteiger partial charge in [-0.3, -0.25) is 0 Å². The third-order valence-electron chi connectivity index (χ3n) is 6.14. The summed E-state index contributed by atoms with van der Waals surface area (Å²) in [6, 6.07) is 19.7. The number of phenols is 5. The van der Waals surface area contributed by atoms with Gasteiger partial charge < -0.3 is 25.5 Å². The molecule has 4 aromatic carbocycles. The van der Waals surface area contributed by atoms with Crippen LogP contribution in [0.2, 0.25) is 0 Å². The Morgan fingerprint density at radius 2 is 0.886 bits per heavy atom. The zero-order chi connectivity index (χ0) is 25.9. The highest BCUT2D eigenvalue weighted by molar-refractivity contribution is 5.55. The highest BCUT2D eigenvalue weighted by Crippen LogP contribution is 2.40. The average molecular weight is 473 g/mol. The van der Waals surface area contributed by atoms with Crippen molar-refractivity contribution in [2.45, 2.75) is 40.5 Å². The summed E-state index contributed by atoms with van der Waals surface area (Å²) >= 11 is 0. The first-order chi connectivity index (χ1) is 16.5. The predicted octanol–water partition coefficient (Wildman–Crippen LogP) is 6.62. The van der Waals surface area contributed by atoms with Crippen LogP contribution in [0, 0.1) is 34.6 Å². The summed E-state index contributed by atoms with van der Waals surface area (Å²) in [7, 11) is 0. The molecule has 0 aliphatic heterocycles. The van der Waals surface area contributed by atoms with E-state index in [1.807, 2.05) is 77.1 Å². The van der Waals surface area contributed by atoms with E-state index in [4.69, 9.17) is 5.11 Å². The highest BCUT2D eigenvalue weighted by Gasteiger charge is 2.21. The van der Waals surface area contributed by atoms with Gasteiger partial charge in [0.25, 0.3) is 0 Å². The molecule has 5 N–H and O–H groups in total. The molecule has 0 heterocycles. The van der Waals surface area contributed by atoms with Crippen molar-refractivity contribution >= 4 is 0 Å². The molecule has 5 heteroatoms. The van der Waals surface area contributed by atoms with Gasteiger partial charge in [-0.1, -0.05) is 48.5 Å². The van der Waals surface area contributed by atoms with Gasteiger partial charge in [-0.05, 0) is 97.3 Å². The van der Waals surface area contributed by atoms with Crippen molar-refractivity contribution < 1.29 is 25.5 Å². The molecule has 0 unspecified atom stereocenters. The van der Waals surface area contributed by atoms with E-state index in [-0.39, 0.29) is 28.9 Å². The van der Waals surface area contributed by atoms with E-state index in [1.165, 1.54) is 6.07 Å². The minimum absolute atomic E-state index is 0.173. The second-order valence-corrected chi connectivity index (χ2v) is 8.97. The van der Waals surface area contributed by atoms with Gasteiger partial charge in [-0.15, -0.1) is 0 Å². The summed E-state index contributed by atoms with van der Waals surface area (Å²) in [6.45, 7) is 9.28. The van der Waals surface area contributed by atoms with Gasteiger partial charge in [0, 0.05) is 5.92 Å². The molecule has 0 spiro atoms. The van der Waals surface area contributed by atoms with Crippen LogP contribution in [0.1, 0.15) is 50.4 Å².